The van der Waals surface area contributed by atoms with E-state index >= 15 is 0 Å². The van der Waals surface area contributed by atoms with Crippen molar-refractivity contribution in [2.75, 3.05) is 13.2 Å². The second kappa shape index (κ2) is 9.10. The first-order chi connectivity index (χ1) is 18.0. The van der Waals surface area contributed by atoms with Gasteiger partial charge in [0.15, 0.2) is 11.5 Å². The summed E-state index contributed by atoms with van der Waals surface area (Å²) < 4.78 is 11.2. The zero-order valence-electron chi connectivity index (χ0n) is 20.1. The lowest BCUT2D eigenvalue weighted by molar-refractivity contribution is -0.139. The topological polar surface area (TPSA) is 68.2 Å². The summed E-state index contributed by atoms with van der Waals surface area (Å²) in [6, 6.07) is 19.6. The largest absolute Gasteiger partial charge is 0.490 e. The summed E-state index contributed by atoms with van der Waals surface area (Å²) in [7, 11) is 0. The molecule has 3 aliphatic carbocycles. The van der Waals surface area contributed by atoms with E-state index in [2.05, 4.69) is 35.3 Å². The van der Waals surface area contributed by atoms with Crippen molar-refractivity contribution in [2.45, 2.75) is 18.8 Å². The standard InChI is InChI=1S/C30H23ClN2O4/c1-3-13-37-28-22(31)14-17(15-23(28)36-4-2)16-32-33-29(34)26-24-18-9-5-6-10-19(18)25(27(26)30(33)35)21-12-8-7-11-20(21)24/h1,5-12,14-16,24-27H,4,13H2,2H3/b32-16-/t24?,25?,26-,27-/m0/s1. The van der Waals surface area contributed by atoms with Gasteiger partial charge in [0, 0.05) is 11.8 Å². The number of halogens is 1. The number of benzene rings is 3. The number of hydrogen-bond acceptors (Lipinski definition) is 5. The van der Waals surface area contributed by atoms with Crippen molar-refractivity contribution in [1.29, 1.82) is 0 Å². The number of imide groups is 1. The zero-order valence-corrected chi connectivity index (χ0v) is 20.8. The Morgan fingerprint density at radius 3 is 1.97 bits per heavy atom. The summed E-state index contributed by atoms with van der Waals surface area (Å²) in [6.45, 7) is 2.27. The van der Waals surface area contributed by atoms with Crippen LogP contribution in [0.3, 0.4) is 0 Å². The molecule has 1 fully saturated rings. The van der Waals surface area contributed by atoms with Gasteiger partial charge in [0.05, 0.1) is 29.7 Å². The molecule has 4 aliphatic rings. The highest BCUT2D eigenvalue weighted by molar-refractivity contribution is 6.32. The molecule has 2 atom stereocenters. The van der Waals surface area contributed by atoms with Crippen molar-refractivity contribution in [3.8, 4) is 23.8 Å². The Labute approximate surface area is 219 Å². The van der Waals surface area contributed by atoms with Gasteiger partial charge in [-0.05, 0) is 46.9 Å². The van der Waals surface area contributed by atoms with E-state index in [1.807, 2.05) is 31.2 Å². The van der Waals surface area contributed by atoms with Gasteiger partial charge in [-0.1, -0.05) is 66.1 Å². The Balaban J connectivity index is 1.36. The maximum atomic E-state index is 13.7. The van der Waals surface area contributed by atoms with Gasteiger partial charge < -0.3 is 9.47 Å². The minimum absolute atomic E-state index is 0.0416. The Kier molecular flexibility index (Phi) is 5.73. The first-order valence-corrected chi connectivity index (χ1v) is 12.5. The molecule has 6 nitrogen and oxygen atoms in total. The lowest BCUT2D eigenvalue weighted by Crippen LogP contribution is -2.41. The van der Waals surface area contributed by atoms with Crippen LogP contribution in [-0.2, 0) is 9.59 Å². The van der Waals surface area contributed by atoms with Gasteiger partial charge >= 0.3 is 0 Å². The molecule has 0 aromatic heterocycles. The molecule has 1 aliphatic heterocycles. The predicted octanol–water partition coefficient (Wildman–Crippen LogP) is 4.98. The molecule has 184 valence electrons. The molecule has 3 aromatic carbocycles. The maximum absolute atomic E-state index is 13.7. The monoisotopic (exact) mass is 510 g/mol. The van der Waals surface area contributed by atoms with E-state index < -0.39 is 11.8 Å². The molecule has 37 heavy (non-hydrogen) atoms. The highest BCUT2D eigenvalue weighted by Crippen LogP contribution is 2.61. The number of rotatable bonds is 6. The normalized spacial score (nSPS) is 23.0. The van der Waals surface area contributed by atoms with E-state index in [1.165, 1.54) is 6.21 Å². The molecule has 0 N–H and O–H groups in total. The van der Waals surface area contributed by atoms with Crippen LogP contribution in [0.15, 0.2) is 65.8 Å². The van der Waals surface area contributed by atoms with Gasteiger partial charge in [-0.2, -0.15) is 10.1 Å². The molecule has 7 heteroatoms. The van der Waals surface area contributed by atoms with Gasteiger partial charge in [-0.3, -0.25) is 9.59 Å². The third-order valence-corrected chi connectivity index (χ3v) is 7.66. The number of carbonyl (C=O) groups is 2. The van der Waals surface area contributed by atoms with Crippen molar-refractivity contribution in [1.82, 2.24) is 5.01 Å². The van der Waals surface area contributed by atoms with Gasteiger partial charge in [-0.15, -0.1) is 6.42 Å². The quantitative estimate of drug-likeness (QED) is 0.266. The van der Waals surface area contributed by atoms with Gasteiger partial charge in [0.2, 0.25) is 0 Å². The minimum atomic E-state index is -0.485. The molecular weight excluding hydrogens is 488 g/mol. The van der Waals surface area contributed by atoms with Crippen molar-refractivity contribution < 1.29 is 19.1 Å². The van der Waals surface area contributed by atoms with Crippen molar-refractivity contribution in [3.63, 3.8) is 0 Å². The van der Waals surface area contributed by atoms with Gasteiger partial charge in [0.1, 0.15) is 6.61 Å². The lowest BCUT2D eigenvalue weighted by atomic mass is 9.55. The summed E-state index contributed by atoms with van der Waals surface area (Å²) in [5.74, 6) is 1.26. The van der Waals surface area contributed by atoms with Crippen molar-refractivity contribution in [3.05, 3.63) is 93.5 Å². The molecule has 7 rings (SSSR count). The molecule has 2 bridgehead atoms. The maximum Gasteiger partial charge on any atom is 0.254 e. The number of amides is 2. The Morgan fingerprint density at radius 2 is 1.49 bits per heavy atom. The SMILES string of the molecule is C#CCOc1c(Cl)cc(/C=N\N2C(=O)[C@H]3C4c5ccccc5C(c5ccccc54)[C@@H]3C2=O)cc1OCC. The second-order valence-corrected chi connectivity index (χ2v) is 9.66. The highest BCUT2D eigenvalue weighted by Gasteiger charge is 2.61. The lowest BCUT2D eigenvalue weighted by Gasteiger charge is -2.45. The third-order valence-electron chi connectivity index (χ3n) is 7.38. The van der Waals surface area contributed by atoms with Crippen LogP contribution in [0.25, 0.3) is 0 Å². The molecule has 3 aromatic rings. The number of nitrogens with zero attached hydrogens (tertiary/aromatic N) is 2. The Morgan fingerprint density at radius 1 is 0.946 bits per heavy atom. The fraction of sp³-hybridized carbons (Fsp3) is 0.233. The van der Waals surface area contributed by atoms with Crippen LogP contribution in [-0.4, -0.2) is 36.3 Å². The minimum Gasteiger partial charge on any atom is -0.490 e. The average Bonchev–Trinajstić information content (AvgIpc) is 3.17. The number of hydrazone groups is 1. The molecule has 1 heterocycles. The van der Waals surface area contributed by atoms with Crippen molar-refractivity contribution >= 4 is 29.6 Å². The third kappa shape index (κ3) is 3.53. The number of ether oxygens (including phenoxy) is 2. The van der Waals surface area contributed by atoms with Crippen LogP contribution in [0.1, 0.15) is 46.6 Å². The smallest absolute Gasteiger partial charge is 0.254 e. The van der Waals surface area contributed by atoms with E-state index in [0.29, 0.717) is 28.7 Å². The molecule has 0 saturated carbocycles. The fourth-order valence-corrected chi connectivity index (χ4v) is 6.35. The molecular formula is C30H23ClN2O4. The Hall–Kier alpha value is -4.08. The molecule has 2 amide bonds. The van der Waals surface area contributed by atoms with E-state index in [-0.39, 0.29) is 30.3 Å². The van der Waals surface area contributed by atoms with Gasteiger partial charge in [0.25, 0.3) is 11.8 Å². The number of carbonyl (C=O) groups excluding carboxylic acids is 2. The zero-order chi connectivity index (χ0) is 25.7. The van der Waals surface area contributed by atoms with Crippen molar-refractivity contribution in [2.24, 2.45) is 16.9 Å². The molecule has 1 saturated heterocycles. The van der Waals surface area contributed by atoms with E-state index in [4.69, 9.17) is 27.5 Å². The molecule has 0 radical (unpaired) electrons. The summed E-state index contributed by atoms with van der Waals surface area (Å²) in [6.07, 6.45) is 6.76. The fourth-order valence-electron chi connectivity index (χ4n) is 6.08. The van der Waals surface area contributed by atoms with Gasteiger partial charge in [-0.25, -0.2) is 0 Å². The summed E-state index contributed by atoms with van der Waals surface area (Å²) >= 11 is 6.43. The van der Waals surface area contributed by atoms with Crippen LogP contribution in [0.5, 0.6) is 11.5 Å². The number of hydrogen-bond donors (Lipinski definition) is 0. The van der Waals surface area contributed by atoms with Crippen LogP contribution >= 0.6 is 11.6 Å². The number of terminal acetylenes is 1. The van der Waals surface area contributed by atoms with Crippen LogP contribution < -0.4 is 9.47 Å². The molecule has 0 spiro atoms. The second-order valence-electron chi connectivity index (χ2n) is 9.25. The average molecular weight is 511 g/mol. The predicted molar refractivity (Wildman–Crippen MR) is 140 cm³/mol. The Bertz CT molecular complexity index is 1390. The summed E-state index contributed by atoms with van der Waals surface area (Å²) in [5.41, 5.74) is 5.04. The van der Waals surface area contributed by atoms with Crippen LogP contribution in [0, 0.1) is 24.2 Å². The molecule has 0 unspecified atom stereocenters. The highest BCUT2D eigenvalue weighted by atomic mass is 35.5. The van der Waals surface area contributed by atoms with E-state index in [9.17, 15) is 9.59 Å². The summed E-state index contributed by atoms with van der Waals surface area (Å²) in [5, 5.41) is 5.68. The summed E-state index contributed by atoms with van der Waals surface area (Å²) in [4.78, 5) is 27.4. The first-order valence-electron chi connectivity index (χ1n) is 12.2. The van der Waals surface area contributed by atoms with Crippen LogP contribution in [0.4, 0.5) is 0 Å². The van der Waals surface area contributed by atoms with E-state index in [1.54, 1.807) is 12.1 Å². The van der Waals surface area contributed by atoms with Crippen LogP contribution in [0.2, 0.25) is 5.02 Å². The van der Waals surface area contributed by atoms with E-state index in [0.717, 1.165) is 27.3 Å². The first kappa shape index (κ1) is 23.3.